The van der Waals surface area contributed by atoms with E-state index in [2.05, 4.69) is 33.2 Å². The van der Waals surface area contributed by atoms with E-state index in [9.17, 15) is 4.79 Å². The Morgan fingerprint density at radius 1 is 1.32 bits per heavy atom. The van der Waals surface area contributed by atoms with E-state index in [0.717, 1.165) is 27.5 Å². The summed E-state index contributed by atoms with van der Waals surface area (Å²) in [5.74, 6) is 0.316. The van der Waals surface area contributed by atoms with Crippen LogP contribution in [0.5, 0.6) is 5.75 Å². The molecule has 1 heterocycles. The van der Waals surface area contributed by atoms with E-state index >= 15 is 0 Å². The zero-order valence-electron chi connectivity index (χ0n) is 13.5. The van der Waals surface area contributed by atoms with E-state index in [0.29, 0.717) is 28.1 Å². The average Bonchev–Trinajstić information content (AvgIpc) is 2.97. The molecule has 0 unspecified atom stereocenters. The van der Waals surface area contributed by atoms with Crippen LogP contribution in [0.2, 0.25) is 5.02 Å². The lowest BCUT2D eigenvalue weighted by molar-refractivity contribution is 0.102. The number of nitrogens with one attached hydrogen (secondary N) is 1. The predicted octanol–water partition coefficient (Wildman–Crippen LogP) is 6.14. The third kappa shape index (κ3) is 4.51. The number of amides is 1. The lowest BCUT2D eigenvalue weighted by Crippen LogP contribution is -2.14. The number of hydrogen-bond acceptors (Lipinski definition) is 4. The Hall–Kier alpha value is -1.63. The lowest BCUT2D eigenvalue weighted by Gasteiger charge is -2.11. The van der Waals surface area contributed by atoms with Gasteiger partial charge in [0.25, 0.3) is 5.91 Å². The van der Waals surface area contributed by atoms with E-state index in [4.69, 9.17) is 16.3 Å². The topological polar surface area (TPSA) is 51.2 Å². The van der Waals surface area contributed by atoms with Crippen LogP contribution in [0.4, 0.5) is 5.13 Å². The highest BCUT2D eigenvalue weighted by Gasteiger charge is 2.16. The van der Waals surface area contributed by atoms with Crippen molar-refractivity contribution in [1.29, 1.82) is 0 Å². The van der Waals surface area contributed by atoms with Crippen molar-refractivity contribution in [2.75, 3.05) is 11.9 Å². The standard InChI is InChI=1S/C18H16BrClN2O2S/c1-2-3-8-24-15-7-4-11(19)9-13(15)17(23)22-18-21-14-6-5-12(20)10-16(14)25-18/h4-7,9-10H,2-3,8H2,1H3,(H,21,22,23). The molecule has 0 radical (unpaired) electrons. The lowest BCUT2D eigenvalue weighted by atomic mass is 10.2. The van der Waals surface area contributed by atoms with Gasteiger partial charge in [0.2, 0.25) is 0 Å². The predicted molar refractivity (Wildman–Crippen MR) is 107 cm³/mol. The molecule has 3 rings (SSSR count). The van der Waals surface area contributed by atoms with Crippen LogP contribution >= 0.6 is 38.9 Å². The zero-order valence-corrected chi connectivity index (χ0v) is 16.7. The first kappa shape index (κ1) is 18.2. The number of halogens is 2. The molecule has 3 aromatic rings. The summed E-state index contributed by atoms with van der Waals surface area (Å²) in [5, 5.41) is 4.03. The van der Waals surface area contributed by atoms with Crippen LogP contribution < -0.4 is 10.1 Å². The summed E-state index contributed by atoms with van der Waals surface area (Å²) < 4.78 is 7.49. The van der Waals surface area contributed by atoms with Crippen molar-refractivity contribution in [1.82, 2.24) is 4.98 Å². The summed E-state index contributed by atoms with van der Waals surface area (Å²) in [7, 11) is 0. The van der Waals surface area contributed by atoms with Crippen molar-refractivity contribution in [3.8, 4) is 5.75 Å². The van der Waals surface area contributed by atoms with Gasteiger partial charge in [0.15, 0.2) is 5.13 Å². The van der Waals surface area contributed by atoms with Gasteiger partial charge in [0.1, 0.15) is 5.75 Å². The summed E-state index contributed by atoms with van der Waals surface area (Å²) in [6.45, 7) is 2.68. The second-order valence-electron chi connectivity index (χ2n) is 5.43. The number of carbonyl (C=O) groups excluding carboxylic acids is 1. The highest BCUT2D eigenvalue weighted by atomic mass is 79.9. The van der Waals surface area contributed by atoms with Crippen LogP contribution in [-0.4, -0.2) is 17.5 Å². The fourth-order valence-electron chi connectivity index (χ4n) is 2.25. The number of rotatable bonds is 6. The minimum absolute atomic E-state index is 0.252. The number of fused-ring (bicyclic) bond motifs is 1. The number of unbranched alkanes of at least 4 members (excludes halogenated alkanes) is 1. The van der Waals surface area contributed by atoms with Crippen LogP contribution in [0.1, 0.15) is 30.1 Å². The first-order chi connectivity index (χ1) is 12.1. The van der Waals surface area contributed by atoms with Crippen LogP contribution in [0, 0.1) is 0 Å². The fourth-order valence-corrected chi connectivity index (χ4v) is 3.75. The summed E-state index contributed by atoms with van der Waals surface area (Å²) in [6.07, 6.45) is 1.97. The van der Waals surface area contributed by atoms with Crippen molar-refractivity contribution >= 4 is 60.1 Å². The Morgan fingerprint density at radius 2 is 2.16 bits per heavy atom. The number of thiazole rings is 1. The molecule has 1 aromatic heterocycles. The van der Waals surface area contributed by atoms with Gasteiger partial charge in [-0.1, -0.05) is 52.2 Å². The summed E-state index contributed by atoms with van der Waals surface area (Å²) >= 11 is 10.8. The molecule has 1 N–H and O–H groups in total. The maximum Gasteiger partial charge on any atom is 0.261 e. The van der Waals surface area contributed by atoms with E-state index in [1.165, 1.54) is 11.3 Å². The second kappa shape index (κ2) is 8.17. The molecular formula is C18H16BrClN2O2S. The average molecular weight is 440 g/mol. The molecule has 0 aliphatic carbocycles. The SMILES string of the molecule is CCCCOc1ccc(Br)cc1C(=O)Nc1nc2ccc(Cl)cc2s1. The minimum atomic E-state index is -0.252. The van der Waals surface area contributed by atoms with Crippen molar-refractivity contribution < 1.29 is 9.53 Å². The Kier molecular flexibility index (Phi) is 5.93. The largest absolute Gasteiger partial charge is 0.493 e. The van der Waals surface area contributed by atoms with Crippen molar-refractivity contribution in [3.05, 3.63) is 51.5 Å². The minimum Gasteiger partial charge on any atom is -0.493 e. The van der Waals surface area contributed by atoms with Crippen molar-refractivity contribution in [2.45, 2.75) is 19.8 Å². The van der Waals surface area contributed by atoms with Gasteiger partial charge >= 0.3 is 0 Å². The molecule has 0 saturated heterocycles. The fraction of sp³-hybridized carbons (Fsp3) is 0.222. The van der Waals surface area contributed by atoms with Gasteiger partial charge in [-0.3, -0.25) is 10.1 Å². The van der Waals surface area contributed by atoms with Gasteiger partial charge in [-0.15, -0.1) is 0 Å². The second-order valence-corrected chi connectivity index (χ2v) is 7.81. The van der Waals surface area contributed by atoms with Gasteiger partial charge in [-0.05, 0) is 42.8 Å². The number of hydrogen-bond donors (Lipinski definition) is 1. The highest BCUT2D eigenvalue weighted by molar-refractivity contribution is 9.10. The molecule has 0 aliphatic rings. The van der Waals surface area contributed by atoms with E-state index in [-0.39, 0.29) is 5.91 Å². The zero-order chi connectivity index (χ0) is 17.8. The van der Waals surface area contributed by atoms with Crippen molar-refractivity contribution in [3.63, 3.8) is 0 Å². The highest BCUT2D eigenvalue weighted by Crippen LogP contribution is 2.30. The molecule has 25 heavy (non-hydrogen) atoms. The molecule has 0 saturated carbocycles. The van der Waals surface area contributed by atoms with Crippen LogP contribution in [0.15, 0.2) is 40.9 Å². The molecular weight excluding hydrogens is 424 g/mol. The molecule has 0 fully saturated rings. The first-order valence-corrected chi connectivity index (χ1v) is 9.85. The molecule has 1 amide bonds. The third-order valence-corrected chi connectivity index (χ3v) is 5.17. The number of anilines is 1. The summed E-state index contributed by atoms with van der Waals surface area (Å²) in [4.78, 5) is 17.1. The van der Waals surface area contributed by atoms with E-state index < -0.39 is 0 Å². The Labute approximate surface area is 163 Å². The summed E-state index contributed by atoms with van der Waals surface area (Å²) in [6, 6.07) is 10.9. The van der Waals surface area contributed by atoms with E-state index in [1.807, 2.05) is 18.2 Å². The third-order valence-electron chi connectivity index (χ3n) is 3.51. The van der Waals surface area contributed by atoms with Gasteiger partial charge < -0.3 is 4.74 Å². The summed E-state index contributed by atoms with van der Waals surface area (Å²) in [5.41, 5.74) is 1.28. The molecule has 4 nitrogen and oxygen atoms in total. The molecule has 130 valence electrons. The Morgan fingerprint density at radius 3 is 2.96 bits per heavy atom. The normalized spacial score (nSPS) is 10.8. The van der Waals surface area contributed by atoms with Gasteiger partial charge in [-0.2, -0.15) is 0 Å². The molecule has 0 atom stereocenters. The van der Waals surface area contributed by atoms with Gasteiger partial charge in [-0.25, -0.2) is 4.98 Å². The number of nitrogens with zero attached hydrogens (tertiary/aromatic N) is 1. The molecule has 0 spiro atoms. The van der Waals surface area contributed by atoms with Crippen LogP contribution in [-0.2, 0) is 0 Å². The quantitative estimate of drug-likeness (QED) is 0.469. The monoisotopic (exact) mass is 438 g/mol. The molecule has 2 aromatic carbocycles. The van der Waals surface area contributed by atoms with E-state index in [1.54, 1.807) is 18.2 Å². The van der Waals surface area contributed by atoms with Crippen LogP contribution in [0.25, 0.3) is 10.2 Å². The maximum absolute atomic E-state index is 12.7. The first-order valence-electron chi connectivity index (χ1n) is 7.86. The van der Waals surface area contributed by atoms with Gasteiger partial charge in [0, 0.05) is 9.50 Å². The Bertz CT molecular complexity index is 913. The molecule has 0 aliphatic heterocycles. The number of aromatic nitrogens is 1. The smallest absolute Gasteiger partial charge is 0.261 e. The Balaban J connectivity index is 1.82. The number of ether oxygens (including phenoxy) is 1. The number of carbonyl (C=O) groups is 1. The molecule has 0 bridgehead atoms. The van der Waals surface area contributed by atoms with Crippen molar-refractivity contribution in [2.24, 2.45) is 0 Å². The number of benzene rings is 2. The van der Waals surface area contributed by atoms with Crippen LogP contribution in [0.3, 0.4) is 0 Å². The maximum atomic E-state index is 12.7. The molecule has 7 heteroatoms. The van der Waals surface area contributed by atoms with Gasteiger partial charge in [0.05, 0.1) is 22.4 Å².